The Kier molecular flexibility index (Phi) is 8.54. The Labute approximate surface area is 204 Å². The minimum Gasteiger partial charge on any atom is -0.480 e. The third-order valence-electron chi connectivity index (χ3n) is 5.33. The van der Waals surface area contributed by atoms with Crippen molar-refractivity contribution in [3.63, 3.8) is 0 Å². The largest absolute Gasteiger partial charge is 0.480 e. The Hall–Kier alpha value is -3.52. The topological polar surface area (TPSA) is 97.5 Å². The average molecular weight is 480 g/mol. The van der Waals surface area contributed by atoms with E-state index in [0.717, 1.165) is 27.8 Å². The van der Waals surface area contributed by atoms with Crippen molar-refractivity contribution in [1.82, 2.24) is 15.5 Å². The first-order chi connectivity index (χ1) is 16.0. The number of hydrogen-bond donors (Lipinski definition) is 2. The Bertz CT molecular complexity index is 1260. The van der Waals surface area contributed by atoms with Crippen molar-refractivity contribution in [1.29, 1.82) is 0 Å². The highest BCUT2D eigenvalue weighted by atomic mass is 35.5. The first-order valence-electron chi connectivity index (χ1n) is 10.6. The maximum absolute atomic E-state index is 10.6. The van der Waals surface area contributed by atoms with Gasteiger partial charge in [0.25, 0.3) is 5.89 Å². The molecule has 0 aliphatic heterocycles. The minimum absolute atomic E-state index is 0. The summed E-state index contributed by atoms with van der Waals surface area (Å²) in [5.74, 6) is 0.0451. The van der Waals surface area contributed by atoms with E-state index in [1.165, 1.54) is 11.1 Å². The molecule has 4 aromatic rings. The number of ether oxygens (including phenoxy) is 1. The van der Waals surface area contributed by atoms with Crippen LogP contribution >= 0.6 is 12.4 Å². The fourth-order valence-corrected chi connectivity index (χ4v) is 3.68. The van der Waals surface area contributed by atoms with Gasteiger partial charge in [0, 0.05) is 24.8 Å². The molecule has 0 aliphatic carbocycles. The Morgan fingerprint density at radius 3 is 2.47 bits per heavy atom. The van der Waals surface area contributed by atoms with Crippen LogP contribution in [-0.2, 0) is 22.7 Å². The monoisotopic (exact) mass is 479 g/mol. The molecule has 0 fully saturated rings. The van der Waals surface area contributed by atoms with Gasteiger partial charge in [-0.25, -0.2) is 0 Å². The van der Waals surface area contributed by atoms with E-state index < -0.39 is 5.97 Å². The third kappa shape index (κ3) is 5.88. The second kappa shape index (κ2) is 11.6. The quantitative estimate of drug-likeness (QED) is 0.343. The summed E-state index contributed by atoms with van der Waals surface area (Å²) in [7, 11) is 1.68. The highest BCUT2D eigenvalue weighted by molar-refractivity contribution is 5.85. The summed E-state index contributed by atoms with van der Waals surface area (Å²) < 4.78 is 11.0. The Morgan fingerprint density at radius 1 is 1.03 bits per heavy atom. The number of benzene rings is 3. The first kappa shape index (κ1) is 25.1. The zero-order valence-corrected chi connectivity index (χ0v) is 19.8. The van der Waals surface area contributed by atoms with E-state index in [1.807, 2.05) is 48.5 Å². The molecule has 0 saturated heterocycles. The van der Waals surface area contributed by atoms with E-state index in [1.54, 1.807) is 7.11 Å². The maximum atomic E-state index is 10.6. The molecular formula is C26H26ClN3O4. The lowest BCUT2D eigenvalue weighted by atomic mass is 9.94. The number of carboxylic acids is 1. The van der Waals surface area contributed by atoms with Crippen LogP contribution in [0.1, 0.15) is 16.7 Å². The molecular weight excluding hydrogens is 454 g/mol. The zero-order chi connectivity index (χ0) is 23.2. The molecule has 0 unspecified atom stereocenters. The molecule has 2 N–H and O–H groups in total. The smallest absolute Gasteiger partial charge is 0.317 e. The summed E-state index contributed by atoms with van der Waals surface area (Å²) in [5.41, 5.74) is 7.14. The predicted octanol–water partition coefficient (Wildman–Crippen LogP) is 5.12. The van der Waals surface area contributed by atoms with Crippen LogP contribution in [0.15, 0.2) is 71.3 Å². The molecule has 34 heavy (non-hydrogen) atoms. The highest BCUT2D eigenvalue weighted by Gasteiger charge is 2.14. The van der Waals surface area contributed by atoms with Crippen LogP contribution in [0.25, 0.3) is 34.0 Å². The number of rotatable bonds is 9. The molecule has 1 heterocycles. The molecule has 1 aromatic heterocycles. The van der Waals surface area contributed by atoms with Crippen molar-refractivity contribution >= 4 is 18.4 Å². The Morgan fingerprint density at radius 2 is 1.76 bits per heavy atom. The summed E-state index contributed by atoms with van der Waals surface area (Å²) in [6.45, 7) is 2.96. The number of carboxylic acid groups (broad SMARTS) is 1. The van der Waals surface area contributed by atoms with Gasteiger partial charge >= 0.3 is 5.97 Å². The number of aliphatic carboxylic acids is 1. The average Bonchev–Trinajstić information content (AvgIpc) is 3.30. The number of carbonyl (C=O) groups is 1. The summed E-state index contributed by atoms with van der Waals surface area (Å²) in [4.78, 5) is 15.2. The lowest BCUT2D eigenvalue weighted by Gasteiger charge is -2.12. The van der Waals surface area contributed by atoms with Gasteiger partial charge in [0.05, 0.1) is 13.2 Å². The fraction of sp³-hybridized carbons (Fsp3) is 0.192. The molecule has 7 nitrogen and oxygen atoms in total. The molecule has 0 bridgehead atoms. The standard InChI is InChI=1S/C26H25N3O4.ClH/c1-17-5-3-4-6-22(17)23-12-11-20(13-21(23)16-32-2)26-28-25(29-33-26)19-9-7-18(8-10-19)14-27-15-24(30)31;/h3-13,27H,14-16H2,1-2H3,(H,30,31);1H. The second-order valence-electron chi connectivity index (χ2n) is 7.74. The molecule has 0 spiro atoms. The molecule has 0 atom stereocenters. The minimum atomic E-state index is -0.883. The molecule has 0 amide bonds. The number of hydrogen-bond acceptors (Lipinski definition) is 6. The second-order valence-corrected chi connectivity index (χ2v) is 7.74. The van der Waals surface area contributed by atoms with E-state index in [-0.39, 0.29) is 19.0 Å². The lowest BCUT2D eigenvalue weighted by molar-refractivity contribution is -0.136. The van der Waals surface area contributed by atoms with Gasteiger partial charge in [0.15, 0.2) is 0 Å². The number of nitrogens with one attached hydrogen (secondary N) is 1. The van der Waals surface area contributed by atoms with E-state index in [0.29, 0.717) is 24.9 Å². The molecule has 0 radical (unpaired) electrons. The number of aryl methyl sites for hydroxylation is 1. The molecule has 3 aromatic carbocycles. The molecule has 4 rings (SSSR count). The van der Waals surface area contributed by atoms with Crippen LogP contribution in [0.2, 0.25) is 0 Å². The van der Waals surface area contributed by atoms with E-state index >= 15 is 0 Å². The molecule has 0 aliphatic rings. The normalized spacial score (nSPS) is 10.6. The van der Waals surface area contributed by atoms with Crippen LogP contribution in [0.4, 0.5) is 0 Å². The van der Waals surface area contributed by atoms with Gasteiger partial charge in [-0.2, -0.15) is 4.98 Å². The number of aromatic nitrogens is 2. The van der Waals surface area contributed by atoms with Gasteiger partial charge in [0.1, 0.15) is 0 Å². The van der Waals surface area contributed by atoms with Crippen molar-refractivity contribution in [2.24, 2.45) is 0 Å². The maximum Gasteiger partial charge on any atom is 0.317 e. The molecule has 0 saturated carbocycles. The van der Waals surface area contributed by atoms with Crippen LogP contribution in [0.5, 0.6) is 0 Å². The number of halogens is 1. The van der Waals surface area contributed by atoms with E-state index in [4.69, 9.17) is 14.4 Å². The lowest BCUT2D eigenvalue weighted by Crippen LogP contribution is -2.21. The van der Waals surface area contributed by atoms with Gasteiger partial charge in [-0.1, -0.05) is 59.8 Å². The third-order valence-corrected chi connectivity index (χ3v) is 5.33. The SMILES string of the molecule is COCc1cc(-c2nc(-c3ccc(CNCC(=O)O)cc3)no2)ccc1-c1ccccc1C.Cl. The zero-order valence-electron chi connectivity index (χ0n) is 18.9. The van der Waals surface area contributed by atoms with Crippen molar-refractivity contribution in [2.75, 3.05) is 13.7 Å². The Balaban J connectivity index is 0.00000324. The van der Waals surface area contributed by atoms with Crippen LogP contribution < -0.4 is 5.32 Å². The highest BCUT2D eigenvalue weighted by Crippen LogP contribution is 2.31. The number of nitrogens with zero attached hydrogens (tertiary/aromatic N) is 2. The van der Waals surface area contributed by atoms with Crippen molar-refractivity contribution in [3.8, 4) is 34.0 Å². The van der Waals surface area contributed by atoms with Crippen LogP contribution in [0, 0.1) is 6.92 Å². The van der Waals surface area contributed by atoms with E-state index in [2.05, 4.69) is 40.6 Å². The summed E-state index contributed by atoms with van der Waals surface area (Å²) in [6, 6.07) is 21.9. The first-order valence-corrected chi connectivity index (χ1v) is 10.6. The molecule has 8 heteroatoms. The van der Waals surface area contributed by atoms with Crippen molar-refractivity contribution in [3.05, 3.63) is 83.4 Å². The van der Waals surface area contributed by atoms with E-state index in [9.17, 15) is 4.79 Å². The van der Waals surface area contributed by atoms with Gasteiger partial charge < -0.3 is 19.7 Å². The fourth-order valence-electron chi connectivity index (χ4n) is 3.68. The summed E-state index contributed by atoms with van der Waals surface area (Å²) in [6.07, 6.45) is 0. The van der Waals surface area contributed by atoms with Gasteiger partial charge in [-0.05, 0) is 46.9 Å². The van der Waals surface area contributed by atoms with Crippen molar-refractivity contribution < 1.29 is 19.2 Å². The predicted molar refractivity (Wildman–Crippen MR) is 133 cm³/mol. The summed E-state index contributed by atoms with van der Waals surface area (Å²) >= 11 is 0. The van der Waals surface area contributed by atoms with Gasteiger partial charge in [-0.3, -0.25) is 4.79 Å². The van der Waals surface area contributed by atoms with Gasteiger partial charge in [-0.15, -0.1) is 12.4 Å². The molecule has 176 valence electrons. The number of methoxy groups -OCH3 is 1. The van der Waals surface area contributed by atoms with Crippen LogP contribution in [-0.4, -0.2) is 34.9 Å². The summed E-state index contributed by atoms with van der Waals surface area (Å²) in [5, 5.41) is 15.7. The van der Waals surface area contributed by atoms with Gasteiger partial charge in [0.2, 0.25) is 5.82 Å². The van der Waals surface area contributed by atoms with Crippen LogP contribution in [0.3, 0.4) is 0 Å². The van der Waals surface area contributed by atoms with Crippen molar-refractivity contribution in [2.45, 2.75) is 20.1 Å².